The molecule has 2 atom stereocenters. The Morgan fingerprint density at radius 3 is 1.80 bits per heavy atom. The first-order valence-corrected chi connectivity index (χ1v) is 17.1. The molecule has 0 spiro atoms. The minimum absolute atomic E-state index is 0.173. The molecule has 1 heterocycles. The van der Waals surface area contributed by atoms with E-state index in [1.165, 1.54) is 72.5 Å². The van der Waals surface area contributed by atoms with Crippen LogP contribution in [-0.4, -0.2) is 13.1 Å². The van der Waals surface area contributed by atoms with Crippen LogP contribution < -0.4 is 9.80 Å². The molecule has 1 aliphatic heterocycles. The van der Waals surface area contributed by atoms with Crippen molar-refractivity contribution < 1.29 is 0 Å². The van der Waals surface area contributed by atoms with Gasteiger partial charge < -0.3 is 9.80 Å². The number of rotatable bonds is 6. The van der Waals surface area contributed by atoms with E-state index in [-0.39, 0.29) is 12.0 Å². The molecule has 0 bridgehead atoms. The van der Waals surface area contributed by atoms with Crippen LogP contribution in [-0.2, 0) is 0 Å². The first kappa shape index (κ1) is 29.1. The van der Waals surface area contributed by atoms with Gasteiger partial charge in [-0.3, -0.25) is 0 Å². The summed E-state index contributed by atoms with van der Waals surface area (Å²) in [6.45, 7) is 0. The number of fused-ring (bicyclic) bond motifs is 4. The zero-order valence-corrected chi connectivity index (χ0v) is 27.4. The van der Waals surface area contributed by atoms with Crippen molar-refractivity contribution in [2.75, 3.05) is 16.8 Å². The summed E-state index contributed by atoms with van der Waals surface area (Å²) in [5.74, 6) is 0.274. The number of nitrogens with zero attached hydrogens (tertiary/aromatic N) is 2. The Balaban J connectivity index is 1.05. The zero-order chi connectivity index (χ0) is 32.7. The molecule has 2 nitrogen and oxygen atoms in total. The number of hydrogen-bond donors (Lipinski definition) is 0. The number of benzene rings is 7. The molecule has 7 aromatic rings. The lowest BCUT2D eigenvalue weighted by atomic mass is 9.86. The van der Waals surface area contributed by atoms with E-state index in [2.05, 4.69) is 205 Å². The molecule has 9 rings (SSSR count). The molecule has 0 saturated carbocycles. The van der Waals surface area contributed by atoms with Gasteiger partial charge in [0.25, 0.3) is 0 Å². The van der Waals surface area contributed by atoms with E-state index < -0.39 is 0 Å². The lowest BCUT2D eigenvalue weighted by molar-refractivity contribution is 0.747. The average Bonchev–Trinajstić information content (AvgIpc) is 3.50. The van der Waals surface area contributed by atoms with Crippen LogP contribution in [0.25, 0.3) is 38.6 Å². The zero-order valence-electron chi connectivity index (χ0n) is 27.4. The number of hydrogen-bond acceptors (Lipinski definition) is 2. The van der Waals surface area contributed by atoms with Crippen LogP contribution in [0.1, 0.15) is 17.0 Å². The standard InChI is InChI=1S/C47H36N2/c1-48(41-16-6-3-7-17-41)42-26-23-35(24-27-42)34-19-21-36(22-20-34)40-25-28-44-45-30-38-13-8-9-14-39(38)31-47(45)49(46(44)32-40)43-18-10-15-37(29-43)33-11-4-2-5-12-33/h2-32,44,46H,1H3. The molecule has 0 fully saturated rings. The van der Waals surface area contributed by atoms with Crippen molar-refractivity contribution in [3.63, 3.8) is 0 Å². The maximum Gasteiger partial charge on any atom is 0.0635 e. The van der Waals surface area contributed by atoms with E-state index in [1.807, 2.05) is 0 Å². The highest BCUT2D eigenvalue weighted by Crippen LogP contribution is 2.50. The van der Waals surface area contributed by atoms with Crippen LogP contribution in [0.3, 0.4) is 0 Å². The second-order valence-electron chi connectivity index (χ2n) is 13.1. The van der Waals surface area contributed by atoms with Gasteiger partial charge in [-0.05, 0) is 98.3 Å². The third-order valence-corrected chi connectivity index (χ3v) is 10.2. The van der Waals surface area contributed by atoms with Crippen molar-refractivity contribution in [1.82, 2.24) is 0 Å². The summed E-state index contributed by atoms with van der Waals surface area (Å²) in [4.78, 5) is 4.78. The summed E-state index contributed by atoms with van der Waals surface area (Å²) in [6.07, 6.45) is 7.23. The largest absolute Gasteiger partial charge is 0.345 e. The molecule has 49 heavy (non-hydrogen) atoms. The van der Waals surface area contributed by atoms with E-state index in [0.29, 0.717) is 0 Å². The molecule has 0 radical (unpaired) electrons. The SMILES string of the molecule is CN(c1ccccc1)c1ccc(-c2ccc(C3=CC4C(C=C3)c3cc5ccccc5cc3N4c3cccc(-c4ccccc4)c3)cc2)cc1. The van der Waals surface area contributed by atoms with Crippen molar-refractivity contribution in [3.05, 3.63) is 199 Å². The van der Waals surface area contributed by atoms with Crippen LogP contribution in [0, 0.1) is 0 Å². The molecule has 1 aliphatic carbocycles. The van der Waals surface area contributed by atoms with Crippen LogP contribution in [0.5, 0.6) is 0 Å². The minimum atomic E-state index is 0.173. The highest BCUT2D eigenvalue weighted by atomic mass is 15.2. The lowest BCUT2D eigenvalue weighted by Gasteiger charge is -2.30. The first-order valence-electron chi connectivity index (χ1n) is 17.1. The topological polar surface area (TPSA) is 6.48 Å². The predicted molar refractivity (Wildman–Crippen MR) is 208 cm³/mol. The Bertz CT molecular complexity index is 2340. The molecule has 2 aliphatic rings. The smallest absolute Gasteiger partial charge is 0.0635 e. The highest BCUT2D eigenvalue weighted by molar-refractivity contribution is 5.93. The maximum atomic E-state index is 2.56. The van der Waals surface area contributed by atoms with E-state index in [1.54, 1.807) is 0 Å². The van der Waals surface area contributed by atoms with E-state index in [4.69, 9.17) is 0 Å². The lowest BCUT2D eigenvalue weighted by Crippen LogP contribution is -2.29. The van der Waals surface area contributed by atoms with Gasteiger partial charge in [-0.1, -0.05) is 140 Å². The maximum absolute atomic E-state index is 2.56. The third kappa shape index (κ3) is 5.32. The van der Waals surface area contributed by atoms with Gasteiger partial charge in [0, 0.05) is 35.7 Å². The Kier molecular flexibility index (Phi) is 7.21. The normalized spacial score (nSPS) is 16.3. The molecule has 7 aromatic carbocycles. The molecule has 234 valence electrons. The second kappa shape index (κ2) is 12.2. The van der Waals surface area contributed by atoms with Crippen molar-refractivity contribution >= 4 is 39.1 Å². The Morgan fingerprint density at radius 2 is 1.06 bits per heavy atom. The van der Waals surface area contributed by atoms with E-state index >= 15 is 0 Å². The van der Waals surface area contributed by atoms with Crippen LogP contribution in [0.2, 0.25) is 0 Å². The molecule has 2 heteroatoms. The molecular formula is C47H36N2. The van der Waals surface area contributed by atoms with Gasteiger partial charge in [0.2, 0.25) is 0 Å². The fourth-order valence-electron chi connectivity index (χ4n) is 7.57. The molecule has 0 saturated heterocycles. The number of allylic oxidation sites excluding steroid dienone is 2. The monoisotopic (exact) mass is 628 g/mol. The number of para-hydroxylation sites is 1. The second-order valence-corrected chi connectivity index (χ2v) is 13.1. The summed E-state index contributed by atoms with van der Waals surface area (Å²) in [6, 6.07) is 61.8. The number of anilines is 4. The molecule has 0 aromatic heterocycles. The molecule has 0 N–H and O–H groups in total. The van der Waals surface area contributed by atoms with Crippen molar-refractivity contribution in [3.8, 4) is 22.3 Å². The van der Waals surface area contributed by atoms with Crippen LogP contribution >= 0.6 is 0 Å². The Labute approximate surface area is 288 Å². The van der Waals surface area contributed by atoms with Gasteiger partial charge in [-0.25, -0.2) is 0 Å². The van der Waals surface area contributed by atoms with Gasteiger partial charge in [-0.2, -0.15) is 0 Å². The minimum Gasteiger partial charge on any atom is -0.345 e. The van der Waals surface area contributed by atoms with Gasteiger partial charge in [0.15, 0.2) is 0 Å². The van der Waals surface area contributed by atoms with Gasteiger partial charge in [0.05, 0.1) is 6.04 Å². The predicted octanol–water partition coefficient (Wildman–Crippen LogP) is 12.2. The van der Waals surface area contributed by atoms with Gasteiger partial charge in [0.1, 0.15) is 0 Å². The fraction of sp³-hybridized carbons (Fsp3) is 0.0638. The van der Waals surface area contributed by atoms with Crippen LogP contribution in [0.4, 0.5) is 22.7 Å². The van der Waals surface area contributed by atoms with E-state index in [0.717, 1.165) is 0 Å². The summed E-state index contributed by atoms with van der Waals surface area (Å²) in [5.41, 5.74) is 13.6. The first-order chi connectivity index (χ1) is 24.2. The van der Waals surface area contributed by atoms with Crippen molar-refractivity contribution in [2.24, 2.45) is 0 Å². The summed E-state index contributed by atoms with van der Waals surface area (Å²) in [7, 11) is 2.11. The third-order valence-electron chi connectivity index (χ3n) is 10.2. The molecular weight excluding hydrogens is 593 g/mol. The highest BCUT2D eigenvalue weighted by Gasteiger charge is 2.38. The Morgan fingerprint density at radius 1 is 0.490 bits per heavy atom. The average molecular weight is 629 g/mol. The quantitative estimate of drug-likeness (QED) is 0.181. The summed E-state index contributed by atoms with van der Waals surface area (Å²) < 4.78 is 0. The summed E-state index contributed by atoms with van der Waals surface area (Å²) >= 11 is 0. The van der Waals surface area contributed by atoms with E-state index in [9.17, 15) is 0 Å². The molecule has 2 unspecified atom stereocenters. The molecule has 0 amide bonds. The van der Waals surface area contributed by atoms with Crippen molar-refractivity contribution in [1.29, 1.82) is 0 Å². The summed E-state index contributed by atoms with van der Waals surface area (Å²) in [5, 5.41) is 2.56. The van der Waals surface area contributed by atoms with Crippen molar-refractivity contribution in [2.45, 2.75) is 12.0 Å². The van der Waals surface area contributed by atoms with Gasteiger partial charge in [-0.15, -0.1) is 0 Å². The Hall–Kier alpha value is -6.12. The van der Waals surface area contributed by atoms with Gasteiger partial charge >= 0.3 is 0 Å². The fourth-order valence-corrected chi connectivity index (χ4v) is 7.57. The van der Waals surface area contributed by atoms with Crippen LogP contribution in [0.15, 0.2) is 188 Å².